The molecule has 1 aliphatic heterocycles. The molecule has 2 aromatic carbocycles. The van der Waals surface area contributed by atoms with Gasteiger partial charge in [0.1, 0.15) is 16.9 Å². The summed E-state index contributed by atoms with van der Waals surface area (Å²) in [5.74, 6) is 0.383. The highest BCUT2D eigenvalue weighted by Gasteiger charge is 2.36. The number of amides is 1. The zero-order valence-electron chi connectivity index (χ0n) is 15.2. The summed E-state index contributed by atoms with van der Waals surface area (Å²) in [4.78, 5) is 24.9. The monoisotopic (exact) mass is 381 g/mol. The Morgan fingerprint density at radius 3 is 2.89 bits per heavy atom. The molecule has 1 aromatic heterocycles. The molecule has 1 atom stereocenters. The summed E-state index contributed by atoms with van der Waals surface area (Å²) >= 11 is 0. The van der Waals surface area contributed by atoms with E-state index >= 15 is 0 Å². The molecule has 28 heavy (non-hydrogen) atoms. The Bertz CT molecular complexity index is 1110. The number of aliphatic hydroxyl groups is 1. The molecule has 1 amide bonds. The Kier molecular flexibility index (Phi) is 4.52. The lowest BCUT2D eigenvalue weighted by Gasteiger charge is -2.34. The Hall–Kier alpha value is -3.32. The van der Waals surface area contributed by atoms with Crippen LogP contribution in [0.3, 0.4) is 0 Å². The highest BCUT2D eigenvalue weighted by Crippen LogP contribution is 2.36. The number of rotatable bonds is 4. The van der Waals surface area contributed by atoms with Crippen molar-refractivity contribution in [3.05, 3.63) is 70.1 Å². The van der Waals surface area contributed by atoms with E-state index in [1.165, 1.54) is 13.2 Å². The second-order valence-electron chi connectivity index (χ2n) is 6.64. The second-order valence-corrected chi connectivity index (χ2v) is 6.64. The topological polar surface area (TPSA) is 98.0 Å². The molecule has 7 nitrogen and oxygen atoms in total. The second kappa shape index (κ2) is 7.01. The molecule has 1 aliphatic rings. The van der Waals surface area contributed by atoms with E-state index in [2.05, 4.69) is 5.32 Å². The van der Waals surface area contributed by atoms with Crippen LogP contribution < -0.4 is 20.4 Å². The minimum Gasteiger partial charge on any atom is -0.493 e. The van der Waals surface area contributed by atoms with Gasteiger partial charge < -0.3 is 24.3 Å². The number of methoxy groups -OCH3 is 1. The maximum absolute atomic E-state index is 12.6. The number of hydrogen-bond donors (Lipinski definition) is 2. The van der Waals surface area contributed by atoms with E-state index in [-0.39, 0.29) is 17.7 Å². The van der Waals surface area contributed by atoms with Gasteiger partial charge in [-0.3, -0.25) is 4.79 Å². The summed E-state index contributed by atoms with van der Waals surface area (Å²) in [5.41, 5.74) is -1.29. The standard InChI is InChI=1S/C21H19NO6/c1-26-17-8-4-5-13-11-14(20(24)28-18(13)17)19(23)22-12-21(25)9-10-27-16-7-3-2-6-15(16)21/h2-8,11,25H,9-10,12H2,1H3,(H,22,23)/t21-/m0/s1. The molecule has 2 N–H and O–H groups in total. The van der Waals surface area contributed by atoms with Crippen molar-refractivity contribution in [1.82, 2.24) is 5.32 Å². The van der Waals surface area contributed by atoms with Crippen molar-refractivity contribution in [3.63, 3.8) is 0 Å². The summed E-state index contributed by atoms with van der Waals surface area (Å²) in [7, 11) is 1.47. The number of nitrogens with one attached hydrogen (secondary N) is 1. The fourth-order valence-corrected chi connectivity index (χ4v) is 3.38. The summed E-state index contributed by atoms with van der Waals surface area (Å²) in [6, 6.07) is 13.7. The maximum Gasteiger partial charge on any atom is 0.349 e. The molecule has 2 heterocycles. The van der Waals surface area contributed by atoms with Crippen LogP contribution >= 0.6 is 0 Å². The van der Waals surface area contributed by atoms with E-state index in [9.17, 15) is 14.7 Å². The average Bonchev–Trinajstić information content (AvgIpc) is 2.71. The first-order valence-corrected chi connectivity index (χ1v) is 8.85. The van der Waals surface area contributed by atoms with E-state index in [1.807, 2.05) is 6.07 Å². The normalized spacial score (nSPS) is 18.2. The summed E-state index contributed by atoms with van der Waals surface area (Å²) in [6.07, 6.45) is 0.327. The van der Waals surface area contributed by atoms with Gasteiger partial charge >= 0.3 is 5.63 Å². The Morgan fingerprint density at radius 2 is 2.07 bits per heavy atom. The van der Waals surface area contributed by atoms with Gasteiger partial charge in [-0.2, -0.15) is 0 Å². The fourth-order valence-electron chi connectivity index (χ4n) is 3.38. The number of benzene rings is 2. The van der Waals surface area contributed by atoms with E-state index in [0.717, 1.165) is 0 Å². The van der Waals surface area contributed by atoms with Gasteiger partial charge in [0.15, 0.2) is 11.3 Å². The molecule has 3 aromatic rings. The number of para-hydroxylation sites is 2. The molecule has 0 fully saturated rings. The van der Waals surface area contributed by atoms with Crippen molar-refractivity contribution in [3.8, 4) is 11.5 Å². The minimum absolute atomic E-state index is 0.0538. The van der Waals surface area contributed by atoms with Crippen LogP contribution in [0.5, 0.6) is 11.5 Å². The summed E-state index contributed by atoms with van der Waals surface area (Å²) in [6.45, 7) is 0.281. The van der Waals surface area contributed by atoms with Gasteiger partial charge in [-0.25, -0.2) is 4.79 Å². The van der Waals surface area contributed by atoms with Crippen LogP contribution in [0.15, 0.2) is 57.7 Å². The van der Waals surface area contributed by atoms with Gasteiger partial charge in [0.25, 0.3) is 5.91 Å². The van der Waals surface area contributed by atoms with E-state index < -0.39 is 17.1 Å². The lowest BCUT2D eigenvalue weighted by atomic mass is 9.88. The molecule has 144 valence electrons. The van der Waals surface area contributed by atoms with Crippen LogP contribution in [0, 0.1) is 0 Å². The average molecular weight is 381 g/mol. The summed E-state index contributed by atoms with van der Waals surface area (Å²) in [5, 5.41) is 14.2. The first-order chi connectivity index (χ1) is 13.5. The van der Waals surface area contributed by atoms with Crippen molar-refractivity contribution in [2.45, 2.75) is 12.0 Å². The Balaban J connectivity index is 1.60. The zero-order valence-corrected chi connectivity index (χ0v) is 15.2. The largest absolute Gasteiger partial charge is 0.493 e. The lowest BCUT2D eigenvalue weighted by Crippen LogP contribution is -2.44. The van der Waals surface area contributed by atoms with Gasteiger partial charge in [0.2, 0.25) is 0 Å². The first kappa shape index (κ1) is 18.1. The summed E-state index contributed by atoms with van der Waals surface area (Å²) < 4.78 is 16.0. The highest BCUT2D eigenvalue weighted by atomic mass is 16.5. The van der Waals surface area contributed by atoms with Gasteiger partial charge in [0.05, 0.1) is 20.3 Å². The quantitative estimate of drug-likeness (QED) is 0.673. The number of carbonyl (C=O) groups is 1. The van der Waals surface area contributed by atoms with Crippen molar-refractivity contribution < 1.29 is 23.8 Å². The van der Waals surface area contributed by atoms with Crippen molar-refractivity contribution in [2.24, 2.45) is 0 Å². The third-order valence-corrected chi connectivity index (χ3v) is 4.89. The highest BCUT2D eigenvalue weighted by molar-refractivity contribution is 5.97. The number of fused-ring (bicyclic) bond motifs is 2. The molecule has 7 heteroatoms. The predicted molar refractivity (Wildman–Crippen MR) is 102 cm³/mol. The molecule has 0 saturated carbocycles. The molecule has 0 saturated heterocycles. The fraction of sp³-hybridized carbons (Fsp3) is 0.238. The number of carbonyl (C=O) groups excluding carboxylic acids is 1. The third kappa shape index (κ3) is 3.10. The first-order valence-electron chi connectivity index (χ1n) is 8.85. The predicted octanol–water partition coefficient (Wildman–Crippen LogP) is 2.20. The molecular weight excluding hydrogens is 362 g/mol. The lowest BCUT2D eigenvalue weighted by molar-refractivity contribution is -0.00163. The van der Waals surface area contributed by atoms with Gasteiger partial charge in [-0.05, 0) is 18.2 Å². The SMILES string of the molecule is COc1cccc2cc(C(=O)NC[C@@]3(O)CCOc4ccccc43)c(=O)oc12. The van der Waals surface area contributed by atoms with Crippen LogP contribution in [0.4, 0.5) is 0 Å². The Morgan fingerprint density at radius 1 is 1.25 bits per heavy atom. The zero-order chi connectivity index (χ0) is 19.7. The third-order valence-electron chi connectivity index (χ3n) is 4.89. The molecule has 0 bridgehead atoms. The van der Waals surface area contributed by atoms with Crippen molar-refractivity contribution in [2.75, 3.05) is 20.3 Å². The number of hydrogen-bond acceptors (Lipinski definition) is 6. The van der Waals surface area contributed by atoms with Crippen LogP contribution in [0.1, 0.15) is 22.3 Å². The molecular formula is C21H19NO6. The van der Waals surface area contributed by atoms with Crippen LogP contribution in [-0.2, 0) is 5.60 Å². The minimum atomic E-state index is -1.27. The molecule has 0 aliphatic carbocycles. The van der Waals surface area contributed by atoms with Crippen LogP contribution in [0.2, 0.25) is 0 Å². The van der Waals surface area contributed by atoms with E-state index in [0.29, 0.717) is 35.5 Å². The van der Waals surface area contributed by atoms with Crippen molar-refractivity contribution >= 4 is 16.9 Å². The van der Waals surface area contributed by atoms with Crippen LogP contribution in [0.25, 0.3) is 11.0 Å². The van der Waals surface area contributed by atoms with Crippen molar-refractivity contribution in [1.29, 1.82) is 0 Å². The van der Waals surface area contributed by atoms with Gasteiger partial charge in [0, 0.05) is 17.4 Å². The van der Waals surface area contributed by atoms with Gasteiger partial charge in [-0.1, -0.05) is 30.3 Å². The van der Waals surface area contributed by atoms with Crippen LogP contribution in [-0.4, -0.2) is 31.3 Å². The molecule has 4 rings (SSSR count). The smallest absolute Gasteiger partial charge is 0.349 e. The number of ether oxygens (including phenoxy) is 2. The maximum atomic E-state index is 12.6. The van der Waals surface area contributed by atoms with Gasteiger partial charge in [-0.15, -0.1) is 0 Å². The molecule has 0 unspecified atom stereocenters. The molecule has 0 spiro atoms. The van der Waals surface area contributed by atoms with E-state index in [4.69, 9.17) is 13.9 Å². The van der Waals surface area contributed by atoms with E-state index in [1.54, 1.807) is 36.4 Å². The molecule has 0 radical (unpaired) electrons. The Labute approximate surface area is 160 Å².